The van der Waals surface area contributed by atoms with Crippen molar-refractivity contribution in [2.45, 2.75) is 6.92 Å². The Morgan fingerprint density at radius 1 is 1.50 bits per heavy atom. The molecule has 0 fully saturated rings. The van der Waals surface area contributed by atoms with E-state index in [1.165, 1.54) is 11.3 Å². The summed E-state index contributed by atoms with van der Waals surface area (Å²) in [6.45, 7) is 2.41. The Balaban J connectivity index is 2.16. The summed E-state index contributed by atoms with van der Waals surface area (Å²) in [6.07, 6.45) is 3.35. The van der Waals surface area contributed by atoms with Crippen LogP contribution in [0.2, 0.25) is 5.02 Å². The van der Waals surface area contributed by atoms with Gasteiger partial charge in [0.25, 0.3) is 0 Å². The number of halogens is 1. The molecule has 1 aromatic carbocycles. The molecule has 1 aromatic heterocycles. The number of anilines is 1. The van der Waals surface area contributed by atoms with Crippen molar-refractivity contribution in [3.63, 3.8) is 0 Å². The number of aromatic nitrogens is 1. The summed E-state index contributed by atoms with van der Waals surface area (Å²) in [5.74, 6) is 1.12. The lowest BCUT2D eigenvalue weighted by Crippen LogP contribution is -1.98. The number of nitrogens with zero attached hydrogens (tertiary/aromatic N) is 2. The minimum atomic E-state index is 0.488. The third-order valence-corrected chi connectivity index (χ3v) is 3.31. The first-order chi connectivity index (χ1) is 9.74. The lowest BCUT2D eigenvalue weighted by atomic mass is 10.2. The van der Waals surface area contributed by atoms with Gasteiger partial charge in [0.2, 0.25) is 5.13 Å². The maximum Gasteiger partial charge on any atom is 0.203 e. The van der Waals surface area contributed by atoms with Crippen molar-refractivity contribution >= 4 is 34.3 Å². The molecule has 0 saturated carbocycles. The maximum atomic E-state index is 6.17. The molecule has 0 unspecified atom stereocenters. The fourth-order valence-corrected chi connectivity index (χ4v) is 2.29. The van der Waals surface area contributed by atoms with Crippen molar-refractivity contribution in [2.75, 3.05) is 19.1 Å². The Morgan fingerprint density at radius 3 is 3.00 bits per heavy atom. The molecule has 0 radical (unpaired) electrons. The summed E-state index contributed by atoms with van der Waals surface area (Å²) in [6, 6.07) is 3.58. The molecule has 0 amide bonds. The summed E-state index contributed by atoms with van der Waals surface area (Å²) in [7, 11) is 1.57. The molecule has 7 heteroatoms. The number of rotatable bonds is 6. The Hall–Kier alpha value is -1.79. The van der Waals surface area contributed by atoms with E-state index in [0.717, 1.165) is 10.7 Å². The molecule has 0 saturated heterocycles. The van der Waals surface area contributed by atoms with Gasteiger partial charge >= 0.3 is 0 Å². The summed E-state index contributed by atoms with van der Waals surface area (Å²) in [4.78, 5) is 4.06. The second kappa shape index (κ2) is 7.12. The van der Waals surface area contributed by atoms with Gasteiger partial charge in [0.15, 0.2) is 11.5 Å². The Bertz CT molecular complexity index is 588. The lowest BCUT2D eigenvalue weighted by molar-refractivity contribution is 0.311. The standard InChI is InChI=1S/C13H14ClN3O2S/c1-3-19-12-10(14)6-9(7-11(12)18-2)8-16-17-13-15-4-5-20-13/h4-8H,3H2,1-2H3,(H,15,17)/b16-8-. The second-order valence-electron chi connectivity index (χ2n) is 3.67. The summed E-state index contributed by atoms with van der Waals surface area (Å²) >= 11 is 7.64. The largest absolute Gasteiger partial charge is 0.493 e. The van der Waals surface area contributed by atoms with Crippen molar-refractivity contribution in [1.82, 2.24) is 4.98 Å². The minimum Gasteiger partial charge on any atom is -0.493 e. The Labute approximate surface area is 126 Å². The third-order valence-electron chi connectivity index (χ3n) is 2.35. The third kappa shape index (κ3) is 3.61. The molecule has 0 atom stereocenters. The van der Waals surface area contributed by atoms with Crippen LogP contribution in [0.5, 0.6) is 11.5 Å². The van der Waals surface area contributed by atoms with Crippen LogP contribution in [-0.4, -0.2) is 24.9 Å². The molecule has 0 bridgehead atoms. The molecule has 20 heavy (non-hydrogen) atoms. The van der Waals surface area contributed by atoms with E-state index >= 15 is 0 Å². The zero-order valence-corrected chi connectivity index (χ0v) is 12.7. The highest BCUT2D eigenvalue weighted by molar-refractivity contribution is 7.13. The van der Waals surface area contributed by atoms with Crippen LogP contribution in [0.15, 0.2) is 28.8 Å². The molecule has 0 aliphatic heterocycles. The molecule has 2 rings (SSSR count). The average Bonchev–Trinajstić information content (AvgIpc) is 2.94. The van der Waals surface area contributed by atoms with Crippen LogP contribution < -0.4 is 14.9 Å². The van der Waals surface area contributed by atoms with Crippen LogP contribution in [0.3, 0.4) is 0 Å². The summed E-state index contributed by atoms with van der Waals surface area (Å²) in [5, 5.41) is 7.18. The van der Waals surface area contributed by atoms with E-state index in [4.69, 9.17) is 21.1 Å². The van der Waals surface area contributed by atoms with Gasteiger partial charge in [0, 0.05) is 11.6 Å². The first-order valence-corrected chi connectivity index (χ1v) is 7.19. The number of ether oxygens (including phenoxy) is 2. The average molecular weight is 312 g/mol. The fraction of sp³-hybridized carbons (Fsp3) is 0.231. The van der Waals surface area contributed by atoms with Crippen molar-refractivity contribution in [2.24, 2.45) is 5.10 Å². The number of thiazole rings is 1. The van der Waals surface area contributed by atoms with Crippen LogP contribution in [0.4, 0.5) is 5.13 Å². The second-order valence-corrected chi connectivity index (χ2v) is 4.98. The van der Waals surface area contributed by atoms with Gasteiger partial charge in [-0.15, -0.1) is 11.3 Å². The molecular weight excluding hydrogens is 298 g/mol. The summed E-state index contributed by atoms with van der Waals surface area (Å²) < 4.78 is 10.7. The van der Waals surface area contributed by atoms with Crippen molar-refractivity contribution in [1.29, 1.82) is 0 Å². The van der Waals surface area contributed by atoms with Gasteiger partial charge < -0.3 is 9.47 Å². The molecule has 0 aliphatic carbocycles. The van der Waals surface area contributed by atoms with Gasteiger partial charge in [-0.05, 0) is 24.6 Å². The SMILES string of the molecule is CCOc1c(Cl)cc(/C=N\Nc2nccs2)cc1OC. The van der Waals surface area contributed by atoms with Gasteiger partial charge in [0.1, 0.15) is 0 Å². The van der Waals surface area contributed by atoms with Crippen LogP contribution in [0.1, 0.15) is 12.5 Å². The monoisotopic (exact) mass is 311 g/mol. The molecule has 0 spiro atoms. The van der Waals surface area contributed by atoms with Gasteiger partial charge in [-0.3, -0.25) is 5.43 Å². The van der Waals surface area contributed by atoms with Crippen molar-refractivity contribution in [3.8, 4) is 11.5 Å². The van der Waals surface area contributed by atoms with Crippen LogP contribution in [-0.2, 0) is 0 Å². The number of hydrogen-bond acceptors (Lipinski definition) is 6. The van der Waals surface area contributed by atoms with E-state index in [9.17, 15) is 0 Å². The van der Waals surface area contributed by atoms with Gasteiger partial charge in [0.05, 0.1) is 25.0 Å². The first-order valence-electron chi connectivity index (χ1n) is 5.93. The molecule has 106 valence electrons. The number of hydrogen-bond donors (Lipinski definition) is 1. The number of methoxy groups -OCH3 is 1. The smallest absolute Gasteiger partial charge is 0.203 e. The van der Waals surface area contributed by atoms with E-state index in [-0.39, 0.29) is 0 Å². The number of hydrazone groups is 1. The van der Waals surface area contributed by atoms with E-state index in [2.05, 4.69) is 15.5 Å². The van der Waals surface area contributed by atoms with E-state index in [0.29, 0.717) is 23.1 Å². The van der Waals surface area contributed by atoms with Gasteiger partial charge in [-0.2, -0.15) is 5.10 Å². The molecular formula is C13H14ClN3O2S. The molecule has 2 aromatic rings. The normalized spacial score (nSPS) is 10.8. The highest BCUT2D eigenvalue weighted by Gasteiger charge is 2.10. The van der Waals surface area contributed by atoms with Crippen LogP contribution in [0.25, 0.3) is 0 Å². The van der Waals surface area contributed by atoms with Crippen LogP contribution in [0, 0.1) is 0 Å². The fourth-order valence-electron chi connectivity index (χ4n) is 1.54. The molecule has 1 N–H and O–H groups in total. The molecule has 5 nitrogen and oxygen atoms in total. The lowest BCUT2D eigenvalue weighted by Gasteiger charge is -2.11. The zero-order valence-electron chi connectivity index (χ0n) is 11.1. The van der Waals surface area contributed by atoms with Gasteiger partial charge in [-0.25, -0.2) is 4.98 Å². The highest BCUT2D eigenvalue weighted by Crippen LogP contribution is 2.35. The predicted molar refractivity (Wildman–Crippen MR) is 82.5 cm³/mol. The van der Waals surface area contributed by atoms with Crippen molar-refractivity contribution < 1.29 is 9.47 Å². The molecule has 1 heterocycles. The quantitative estimate of drug-likeness (QED) is 0.653. The maximum absolute atomic E-state index is 6.17. The first kappa shape index (κ1) is 14.6. The number of nitrogens with one attached hydrogen (secondary N) is 1. The van der Waals surface area contributed by atoms with Crippen LogP contribution >= 0.6 is 22.9 Å². The topological polar surface area (TPSA) is 55.7 Å². The predicted octanol–water partition coefficient (Wildman–Crippen LogP) is 3.65. The van der Waals surface area contributed by atoms with Gasteiger partial charge in [-0.1, -0.05) is 11.6 Å². The van der Waals surface area contributed by atoms with E-state index in [1.54, 1.807) is 25.6 Å². The Morgan fingerprint density at radius 2 is 2.35 bits per heavy atom. The Kier molecular flexibility index (Phi) is 5.20. The number of benzene rings is 1. The zero-order chi connectivity index (χ0) is 14.4. The molecule has 0 aliphatic rings. The van der Waals surface area contributed by atoms with E-state index < -0.39 is 0 Å². The summed E-state index contributed by atoms with van der Waals surface area (Å²) in [5.41, 5.74) is 3.64. The minimum absolute atomic E-state index is 0.488. The van der Waals surface area contributed by atoms with Crippen molar-refractivity contribution in [3.05, 3.63) is 34.3 Å². The highest BCUT2D eigenvalue weighted by atomic mass is 35.5. The van der Waals surface area contributed by atoms with E-state index in [1.807, 2.05) is 18.4 Å².